The van der Waals surface area contributed by atoms with E-state index >= 15 is 0 Å². The zero-order valence-electron chi connectivity index (χ0n) is 16.9. The van der Waals surface area contributed by atoms with Crippen LogP contribution >= 0.6 is 0 Å². The van der Waals surface area contributed by atoms with Crippen LogP contribution in [0.2, 0.25) is 0 Å². The highest BCUT2D eigenvalue weighted by Gasteiger charge is 2.48. The number of carbonyl (C=O) groups is 1. The van der Waals surface area contributed by atoms with Crippen LogP contribution in [0.4, 0.5) is 0 Å². The lowest BCUT2D eigenvalue weighted by Crippen LogP contribution is -2.47. The second-order valence-corrected chi connectivity index (χ2v) is 8.19. The van der Waals surface area contributed by atoms with Crippen molar-refractivity contribution in [2.24, 2.45) is 5.41 Å². The van der Waals surface area contributed by atoms with Crippen molar-refractivity contribution in [3.05, 3.63) is 59.4 Å². The molecule has 1 atom stereocenters. The van der Waals surface area contributed by atoms with Crippen LogP contribution in [-0.4, -0.2) is 47.4 Å². The molecule has 1 spiro atoms. The number of methoxy groups -OCH3 is 1. The number of hydrogen-bond acceptors (Lipinski definition) is 4. The van der Waals surface area contributed by atoms with E-state index in [4.69, 9.17) is 4.74 Å². The molecule has 1 amide bonds. The number of rotatable bonds is 5. The number of carbonyl (C=O) groups excluding carboxylic acids is 1. The maximum absolute atomic E-state index is 13.3. The Kier molecular flexibility index (Phi) is 5.36. The van der Waals surface area contributed by atoms with Crippen molar-refractivity contribution in [1.29, 1.82) is 0 Å². The highest BCUT2D eigenvalue weighted by Crippen LogP contribution is 2.41. The first-order valence-electron chi connectivity index (χ1n) is 10.2. The van der Waals surface area contributed by atoms with Crippen LogP contribution in [-0.2, 0) is 17.9 Å². The van der Waals surface area contributed by atoms with Crippen molar-refractivity contribution in [1.82, 2.24) is 14.8 Å². The van der Waals surface area contributed by atoms with Gasteiger partial charge in [-0.25, -0.2) is 0 Å². The zero-order valence-corrected chi connectivity index (χ0v) is 16.9. The minimum Gasteiger partial charge on any atom is -0.497 e. The van der Waals surface area contributed by atoms with Gasteiger partial charge in [0.1, 0.15) is 5.75 Å². The second-order valence-electron chi connectivity index (χ2n) is 8.19. The fraction of sp³-hybridized carbons (Fsp3) is 0.478. The molecule has 3 heterocycles. The first-order valence-corrected chi connectivity index (χ1v) is 10.2. The number of aromatic nitrogens is 1. The van der Waals surface area contributed by atoms with E-state index in [0.29, 0.717) is 12.5 Å². The molecule has 1 aromatic carbocycles. The molecule has 5 heteroatoms. The normalized spacial score (nSPS) is 22.8. The van der Waals surface area contributed by atoms with Gasteiger partial charge in [-0.2, -0.15) is 0 Å². The number of piperidine rings is 1. The van der Waals surface area contributed by atoms with Gasteiger partial charge in [-0.15, -0.1) is 0 Å². The lowest BCUT2D eigenvalue weighted by Gasteiger charge is -2.39. The zero-order chi connectivity index (χ0) is 19.6. The largest absolute Gasteiger partial charge is 0.497 e. The van der Waals surface area contributed by atoms with Gasteiger partial charge in [0, 0.05) is 25.3 Å². The first-order chi connectivity index (χ1) is 13.6. The molecular formula is C23H29N3O2. The Morgan fingerprint density at radius 2 is 1.89 bits per heavy atom. The second kappa shape index (κ2) is 7.92. The Balaban J connectivity index is 1.41. The van der Waals surface area contributed by atoms with E-state index in [1.807, 2.05) is 42.2 Å². The van der Waals surface area contributed by atoms with Gasteiger partial charge in [0.05, 0.1) is 24.8 Å². The van der Waals surface area contributed by atoms with Crippen LogP contribution in [0.15, 0.2) is 42.5 Å². The third-order valence-corrected chi connectivity index (χ3v) is 6.12. The molecule has 0 bridgehead atoms. The van der Waals surface area contributed by atoms with E-state index in [2.05, 4.69) is 22.0 Å². The molecule has 0 N–H and O–H groups in total. The summed E-state index contributed by atoms with van der Waals surface area (Å²) in [5.74, 6) is 1.19. The highest BCUT2D eigenvalue weighted by atomic mass is 16.5. The number of benzene rings is 1. The number of ether oxygens (including phenoxy) is 1. The Bertz CT molecular complexity index is 836. The van der Waals surface area contributed by atoms with Crippen LogP contribution < -0.4 is 4.74 Å². The van der Waals surface area contributed by atoms with Gasteiger partial charge in [0.15, 0.2) is 0 Å². The smallest absolute Gasteiger partial charge is 0.230 e. The molecule has 2 aromatic rings. The number of nitrogens with zero attached hydrogens (tertiary/aromatic N) is 3. The molecule has 1 aromatic heterocycles. The van der Waals surface area contributed by atoms with Crippen LogP contribution in [0, 0.1) is 12.3 Å². The van der Waals surface area contributed by atoms with Gasteiger partial charge < -0.3 is 9.64 Å². The SMILES string of the molecule is COc1ccc(CN2CCC[C@@]3(CCN(Cc4cccc(C)n4)C3=O)C2)cc1. The molecule has 2 saturated heterocycles. The Morgan fingerprint density at radius 1 is 1.07 bits per heavy atom. The van der Waals surface area contributed by atoms with Crippen molar-refractivity contribution in [3.8, 4) is 5.75 Å². The highest BCUT2D eigenvalue weighted by molar-refractivity contribution is 5.85. The van der Waals surface area contributed by atoms with Gasteiger partial charge >= 0.3 is 0 Å². The molecule has 0 aliphatic carbocycles. The van der Waals surface area contributed by atoms with Crippen LogP contribution in [0.1, 0.15) is 36.2 Å². The van der Waals surface area contributed by atoms with Crippen molar-refractivity contribution >= 4 is 5.91 Å². The van der Waals surface area contributed by atoms with Gasteiger partial charge in [-0.05, 0) is 62.6 Å². The molecule has 28 heavy (non-hydrogen) atoms. The molecule has 2 aliphatic rings. The number of likely N-dealkylation sites (tertiary alicyclic amines) is 2. The Hall–Kier alpha value is -2.40. The van der Waals surface area contributed by atoms with Crippen molar-refractivity contribution in [2.75, 3.05) is 26.7 Å². The molecular weight excluding hydrogens is 350 g/mol. The van der Waals surface area contributed by atoms with E-state index < -0.39 is 0 Å². The Morgan fingerprint density at radius 3 is 2.64 bits per heavy atom. The summed E-state index contributed by atoms with van der Waals surface area (Å²) in [6, 6.07) is 14.3. The fourth-order valence-corrected chi connectivity index (χ4v) is 4.66. The fourth-order valence-electron chi connectivity index (χ4n) is 4.66. The molecule has 148 valence electrons. The Labute approximate surface area is 167 Å². The van der Waals surface area contributed by atoms with Crippen LogP contribution in [0.3, 0.4) is 0 Å². The number of aryl methyl sites for hydroxylation is 1. The quantitative estimate of drug-likeness (QED) is 0.799. The standard InChI is InChI=1S/C23H29N3O2/c1-18-5-3-6-20(24-18)16-26-14-12-23(22(26)27)11-4-13-25(17-23)15-19-7-9-21(28-2)10-8-19/h3,5-10H,4,11-17H2,1-2H3/t23-/m1/s1. The topological polar surface area (TPSA) is 45.7 Å². The summed E-state index contributed by atoms with van der Waals surface area (Å²) in [4.78, 5) is 22.3. The van der Waals surface area contributed by atoms with E-state index in [0.717, 1.165) is 62.6 Å². The lowest BCUT2D eigenvalue weighted by atomic mass is 9.78. The van der Waals surface area contributed by atoms with E-state index in [1.54, 1.807) is 7.11 Å². The molecule has 0 unspecified atom stereocenters. The predicted molar refractivity (Wildman–Crippen MR) is 109 cm³/mol. The summed E-state index contributed by atoms with van der Waals surface area (Å²) >= 11 is 0. The number of hydrogen-bond donors (Lipinski definition) is 0. The maximum atomic E-state index is 13.3. The van der Waals surface area contributed by atoms with E-state index in [1.165, 1.54) is 5.56 Å². The summed E-state index contributed by atoms with van der Waals surface area (Å²) in [6.45, 7) is 6.26. The average Bonchev–Trinajstić information content (AvgIpc) is 2.98. The average molecular weight is 380 g/mol. The summed E-state index contributed by atoms with van der Waals surface area (Å²) in [5, 5.41) is 0. The molecule has 0 radical (unpaired) electrons. The third kappa shape index (κ3) is 3.90. The summed E-state index contributed by atoms with van der Waals surface area (Å²) < 4.78 is 5.25. The van der Waals surface area contributed by atoms with Gasteiger partial charge in [0.25, 0.3) is 0 Å². The van der Waals surface area contributed by atoms with E-state index in [9.17, 15) is 4.79 Å². The van der Waals surface area contributed by atoms with Crippen LogP contribution in [0.5, 0.6) is 5.75 Å². The monoisotopic (exact) mass is 379 g/mol. The van der Waals surface area contributed by atoms with Crippen molar-refractivity contribution in [2.45, 2.75) is 39.3 Å². The summed E-state index contributed by atoms with van der Waals surface area (Å²) in [7, 11) is 1.69. The molecule has 4 rings (SSSR count). The van der Waals surface area contributed by atoms with E-state index in [-0.39, 0.29) is 5.41 Å². The molecule has 0 saturated carbocycles. The van der Waals surface area contributed by atoms with Gasteiger partial charge in [-0.1, -0.05) is 18.2 Å². The van der Waals surface area contributed by atoms with Crippen molar-refractivity contribution < 1.29 is 9.53 Å². The minimum atomic E-state index is -0.214. The van der Waals surface area contributed by atoms with Gasteiger partial charge in [0.2, 0.25) is 5.91 Å². The minimum absolute atomic E-state index is 0.214. The summed E-state index contributed by atoms with van der Waals surface area (Å²) in [5.41, 5.74) is 3.04. The molecule has 2 fully saturated rings. The number of amides is 1. The molecule has 2 aliphatic heterocycles. The predicted octanol–water partition coefficient (Wildman–Crippen LogP) is 3.41. The van der Waals surface area contributed by atoms with Crippen LogP contribution in [0.25, 0.3) is 0 Å². The summed E-state index contributed by atoms with van der Waals surface area (Å²) in [6.07, 6.45) is 3.04. The number of pyridine rings is 1. The molecule has 5 nitrogen and oxygen atoms in total. The third-order valence-electron chi connectivity index (χ3n) is 6.12. The van der Waals surface area contributed by atoms with Gasteiger partial charge in [-0.3, -0.25) is 14.7 Å². The van der Waals surface area contributed by atoms with Crippen molar-refractivity contribution in [3.63, 3.8) is 0 Å². The lowest BCUT2D eigenvalue weighted by molar-refractivity contribution is -0.139. The maximum Gasteiger partial charge on any atom is 0.230 e. The first kappa shape index (κ1) is 18.9.